The second-order valence-corrected chi connectivity index (χ2v) is 5.69. The Morgan fingerprint density at radius 1 is 1.35 bits per heavy atom. The van der Waals surface area contributed by atoms with Gasteiger partial charge >= 0.3 is 0 Å². The van der Waals surface area contributed by atoms with E-state index in [1.54, 1.807) is 12.1 Å². The van der Waals surface area contributed by atoms with E-state index in [1.165, 1.54) is 0 Å². The molecule has 3 heteroatoms. The van der Waals surface area contributed by atoms with E-state index in [0.717, 1.165) is 37.2 Å². The predicted octanol–water partition coefficient (Wildman–Crippen LogP) is 2.56. The number of nitrogens with zero attached hydrogens (tertiary/aromatic N) is 1. The van der Waals surface area contributed by atoms with Gasteiger partial charge in [-0.1, -0.05) is 13.8 Å². The van der Waals surface area contributed by atoms with Gasteiger partial charge in [0.25, 0.3) is 0 Å². The van der Waals surface area contributed by atoms with Crippen LogP contribution in [0.4, 0.5) is 10.1 Å². The van der Waals surface area contributed by atoms with Crippen LogP contribution in [0.25, 0.3) is 0 Å². The van der Waals surface area contributed by atoms with Gasteiger partial charge < -0.3 is 10.6 Å². The van der Waals surface area contributed by atoms with Gasteiger partial charge in [0.2, 0.25) is 0 Å². The molecule has 2 N–H and O–H groups in total. The molecule has 0 amide bonds. The summed E-state index contributed by atoms with van der Waals surface area (Å²) in [7, 11) is 0. The fourth-order valence-electron chi connectivity index (χ4n) is 2.46. The van der Waals surface area contributed by atoms with Gasteiger partial charge in [-0.2, -0.15) is 0 Å². The van der Waals surface area contributed by atoms with Crippen molar-refractivity contribution in [3.05, 3.63) is 29.6 Å². The zero-order chi connectivity index (χ0) is 12.5. The third-order valence-corrected chi connectivity index (χ3v) is 3.42. The summed E-state index contributed by atoms with van der Waals surface area (Å²) in [5.74, 6) is -0.157. The molecule has 0 radical (unpaired) electrons. The molecule has 0 bridgehead atoms. The average molecular weight is 236 g/mol. The summed E-state index contributed by atoms with van der Waals surface area (Å²) in [6.45, 7) is 7.09. The highest BCUT2D eigenvalue weighted by Gasteiger charge is 2.29. The maximum Gasteiger partial charge on any atom is 0.125 e. The summed E-state index contributed by atoms with van der Waals surface area (Å²) < 4.78 is 13.5. The lowest BCUT2D eigenvalue weighted by molar-refractivity contribution is 0.418. The molecule has 1 fully saturated rings. The van der Waals surface area contributed by atoms with E-state index in [0.29, 0.717) is 12.0 Å². The van der Waals surface area contributed by atoms with E-state index >= 15 is 0 Å². The predicted molar refractivity (Wildman–Crippen MR) is 69.8 cm³/mol. The van der Waals surface area contributed by atoms with Gasteiger partial charge in [-0.05, 0) is 48.6 Å². The zero-order valence-electron chi connectivity index (χ0n) is 10.7. The van der Waals surface area contributed by atoms with Crippen molar-refractivity contribution in [2.45, 2.75) is 26.7 Å². The fourth-order valence-corrected chi connectivity index (χ4v) is 2.46. The Morgan fingerprint density at radius 2 is 2.12 bits per heavy atom. The van der Waals surface area contributed by atoms with Gasteiger partial charge in [0.15, 0.2) is 0 Å². The molecule has 1 heterocycles. The van der Waals surface area contributed by atoms with Crippen LogP contribution in [0.1, 0.15) is 25.8 Å². The van der Waals surface area contributed by atoms with E-state index in [2.05, 4.69) is 24.8 Å². The van der Waals surface area contributed by atoms with Gasteiger partial charge in [0.05, 0.1) is 0 Å². The van der Waals surface area contributed by atoms with Crippen LogP contribution in [0, 0.1) is 11.2 Å². The Morgan fingerprint density at radius 3 is 2.71 bits per heavy atom. The molecular weight excluding hydrogens is 215 g/mol. The first-order valence-electron chi connectivity index (χ1n) is 6.25. The molecule has 0 aliphatic carbocycles. The van der Waals surface area contributed by atoms with Gasteiger partial charge in [-0.25, -0.2) is 4.39 Å². The summed E-state index contributed by atoms with van der Waals surface area (Å²) in [4.78, 5) is 2.27. The van der Waals surface area contributed by atoms with E-state index < -0.39 is 0 Å². The summed E-state index contributed by atoms with van der Waals surface area (Å²) in [6, 6.07) is 5.27. The monoisotopic (exact) mass is 236 g/mol. The van der Waals surface area contributed by atoms with Gasteiger partial charge in [-0.15, -0.1) is 0 Å². The molecule has 1 aliphatic rings. The van der Waals surface area contributed by atoms with Gasteiger partial charge in [-0.3, -0.25) is 0 Å². The SMILES string of the molecule is CC1(C)CCN(c2cc(F)cc(CCN)c2)C1. The quantitative estimate of drug-likeness (QED) is 0.874. The molecule has 0 saturated carbocycles. The van der Waals surface area contributed by atoms with Crippen molar-refractivity contribution in [2.75, 3.05) is 24.5 Å². The number of rotatable bonds is 3. The minimum absolute atomic E-state index is 0.157. The third kappa shape index (κ3) is 2.97. The molecule has 1 aromatic carbocycles. The van der Waals surface area contributed by atoms with Crippen LogP contribution in [0.15, 0.2) is 18.2 Å². The molecule has 1 saturated heterocycles. The molecule has 94 valence electrons. The molecule has 0 spiro atoms. The Hall–Kier alpha value is -1.09. The van der Waals surface area contributed by atoms with E-state index in [4.69, 9.17) is 5.73 Å². The van der Waals surface area contributed by atoms with Crippen molar-refractivity contribution < 1.29 is 4.39 Å². The summed E-state index contributed by atoms with van der Waals surface area (Å²) >= 11 is 0. The molecule has 2 rings (SSSR count). The largest absolute Gasteiger partial charge is 0.371 e. The van der Waals surface area contributed by atoms with Crippen LogP contribution in [0.2, 0.25) is 0 Å². The summed E-state index contributed by atoms with van der Waals surface area (Å²) in [5, 5.41) is 0. The molecule has 0 aromatic heterocycles. The highest BCUT2D eigenvalue weighted by Crippen LogP contribution is 2.33. The van der Waals surface area contributed by atoms with Crippen LogP contribution < -0.4 is 10.6 Å². The fraction of sp³-hybridized carbons (Fsp3) is 0.571. The lowest BCUT2D eigenvalue weighted by Gasteiger charge is -2.22. The highest BCUT2D eigenvalue weighted by atomic mass is 19.1. The normalized spacial score (nSPS) is 18.7. The highest BCUT2D eigenvalue weighted by molar-refractivity contribution is 5.50. The van der Waals surface area contributed by atoms with Crippen LogP contribution in [0.3, 0.4) is 0 Å². The number of hydrogen-bond acceptors (Lipinski definition) is 2. The van der Waals surface area contributed by atoms with Crippen LogP contribution in [-0.2, 0) is 6.42 Å². The first-order chi connectivity index (χ1) is 8.00. The number of halogens is 1. The Kier molecular flexibility index (Phi) is 3.38. The topological polar surface area (TPSA) is 29.3 Å². The van der Waals surface area contributed by atoms with Crippen molar-refractivity contribution in [2.24, 2.45) is 11.1 Å². The molecular formula is C14H21FN2. The number of benzene rings is 1. The molecule has 1 aliphatic heterocycles. The van der Waals surface area contributed by atoms with Crippen LogP contribution in [-0.4, -0.2) is 19.6 Å². The lowest BCUT2D eigenvalue weighted by atomic mass is 9.93. The Labute approximate surface area is 103 Å². The maximum absolute atomic E-state index is 13.5. The molecule has 0 unspecified atom stereocenters. The van der Waals surface area contributed by atoms with Crippen LogP contribution in [0.5, 0.6) is 0 Å². The first-order valence-corrected chi connectivity index (χ1v) is 6.25. The summed E-state index contributed by atoms with van der Waals surface area (Å²) in [6.07, 6.45) is 1.90. The third-order valence-electron chi connectivity index (χ3n) is 3.42. The molecule has 0 atom stereocenters. The van der Waals surface area contributed by atoms with Crippen molar-refractivity contribution in [1.82, 2.24) is 0 Å². The van der Waals surface area contributed by atoms with Gasteiger partial charge in [0, 0.05) is 18.8 Å². The van der Waals surface area contributed by atoms with Crippen molar-refractivity contribution in [3.63, 3.8) is 0 Å². The molecule has 1 aromatic rings. The van der Waals surface area contributed by atoms with E-state index in [1.807, 2.05) is 0 Å². The van der Waals surface area contributed by atoms with Crippen molar-refractivity contribution in [1.29, 1.82) is 0 Å². The minimum Gasteiger partial charge on any atom is -0.371 e. The Bertz CT molecular complexity index is 401. The molecule has 2 nitrogen and oxygen atoms in total. The van der Waals surface area contributed by atoms with E-state index in [-0.39, 0.29) is 5.82 Å². The van der Waals surface area contributed by atoms with Crippen LogP contribution >= 0.6 is 0 Å². The second-order valence-electron chi connectivity index (χ2n) is 5.69. The van der Waals surface area contributed by atoms with Crippen molar-refractivity contribution >= 4 is 5.69 Å². The van der Waals surface area contributed by atoms with Crippen molar-refractivity contribution in [3.8, 4) is 0 Å². The minimum atomic E-state index is -0.157. The Balaban J connectivity index is 2.21. The zero-order valence-corrected chi connectivity index (χ0v) is 10.7. The maximum atomic E-state index is 13.5. The number of anilines is 1. The second kappa shape index (κ2) is 4.65. The average Bonchev–Trinajstić information content (AvgIpc) is 2.58. The van der Waals surface area contributed by atoms with E-state index in [9.17, 15) is 4.39 Å². The summed E-state index contributed by atoms with van der Waals surface area (Å²) in [5.41, 5.74) is 7.85. The smallest absolute Gasteiger partial charge is 0.125 e. The molecule has 17 heavy (non-hydrogen) atoms. The lowest BCUT2D eigenvalue weighted by Crippen LogP contribution is -2.23. The standard InChI is InChI=1S/C14H21FN2/c1-14(2)4-6-17(10-14)13-8-11(3-5-16)7-12(15)9-13/h7-9H,3-6,10,16H2,1-2H3. The number of hydrogen-bond donors (Lipinski definition) is 1. The number of nitrogens with two attached hydrogens (primary N) is 1. The first kappa shape index (κ1) is 12.4. The van der Waals surface area contributed by atoms with Gasteiger partial charge in [0.1, 0.15) is 5.82 Å².